The number of carbonyl (C=O) groups is 1. The molecule has 9 nitrogen and oxygen atoms in total. The number of anilines is 1. The second-order valence-electron chi connectivity index (χ2n) is 9.62. The minimum absolute atomic E-state index is 0. The first kappa shape index (κ1) is 27.8. The number of fused-ring (bicyclic) bond motifs is 2. The number of pyridine rings is 3. The van der Waals surface area contributed by atoms with Crippen molar-refractivity contribution in [2.45, 2.75) is 20.4 Å². The van der Waals surface area contributed by atoms with E-state index in [0.29, 0.717) is 38.6 Å². The molecule has 0 fully saturated rings. The molecule has 2 aromatic carbocycles. The van der Waals surface area contributed by atoms with Crippen molar-refractivity contribution in [1.29, 1.82) is 0 Å². The highest BCUT2D eigenvalue weighted by Gasteiger charge is 2.22. The minimum Gasteiger partial charge on any atom is -0.383 e. The number of nitrogens with two attached hydrogens (primary N) is 1. The maximum atomic E-state index is 14.2. The zero-order valence-electron chi connectivity index (χ0n) is 22.4. The van der Waals surface area contributed by atoms with Crippen molar-refractivity contribution in [2.75, 3.05) is 5.73 Å². The molecule has 0 unspecified atom stereocenters. The number of nitrogens with one attached hydrogen (secondary N) is 1. The average molecular weight is 556 g/mol. The zero-order valence-corrected chi connectivity index (χ0v) is 22.4. The van der Waals surface area contributed by atoms with Crippen LogP contribution < -0.4 is 16.6 Å². The molecule has 1 amide bonds. The Hall–Kier alpha value is -5.75. The monoisotopic (exact) mass is 555 g/mol. The number of amides is 1. The Morgan fingerprint density at radius 1 is 0.976 bits per heavy atom. The fraction of sp³-hybridized carbons (Fsp3) is 0.121. The molecule has 1 atom stereocenters. The van der Waals surface area contributed by atoms with Gasteiger partial charge in [-0.2, -0.15) is 5.10 Å². The summed E-state index contributed by atoms with van der Waals surface area (Å²) in [4.78, 5) is 36.3. The number of para-hydroxylation sites is 1. The Morgan fingerprint density at radius 3 is 2.52 bits per heavy atom. The van der Waals surface area contributed by atoms with Crippen LogP contribution in [0.2, 0.25) is 0 Å². The number of nitrogens with zero attached hydrogens (tertiary/aromatic N) is 5. The molecule has 0 bridgehead atoms. The fourth-order valence-corrected chi connectivity index (χ4v) is 4.90. The van der Waals surface area contributed by atoms with E-state index >= 15 is 0 Å². The van der Waals surface area contributed by atoms with Crippen LogP contribution in [0.5, 0.6) is 0 Å². The highest BCUT2D eigenvalue weighted by molar-refractivity contribution is 6.09. The number of aromatic nitrogens is 5. The molecule has 0 radical (unpaired) electrons. The van der Waals surface area contributed by atoms with Gasteiger partial charge in [0.25, 0.3) is 11.5 Å². The van der Waals surface area contributed by atoms with Crippen LogP contribution >= 0.6 is 0 Å². The molecular weight excluding hydrogens is 526 g/mol. The lowest BCUT2D eigenvalue weighted by Crippen LogP contribution is -2.33. The Kier molecular flexibility index (Phi) is 7.54. The molecule has 0 aliphatic rings. The third-order valence-electron chi connectivity index (χ3n) is 6.83. The second kappa shape index (κ2) is 11.4. The first-order valence-electron chi connectivity index (χ1n) is 13.0. The smallest absolute Gasteiger partial charge is 0.264 e. The lowest BCUT2D eigenvalue weighted by molar-refractivity contribution is 0.0941. The number of benzene rings is 2. The summed E-state index contributed by atoms with van der Waals surface area (Å²) < 4.78 is 3.29. The van der Waals surface area contributed by atoms with Crippen LogP contribution in [-0.2, 0) is 7.05 Å². The van der Waals surface area contributed by atoms with Crippen molar-refractivity contribution in [2.24, 2.45) is 7.05 Å². The molecule has 0 aliphatic heterocycles. The van der Waals surface area contributed by atoms with E-state index in [1.165, 1.54) is 0 Å². The lowest BCUT2D eigenvalue weighted by Gasteiger charge is -2.21. The maximum absolute atomic E-state index is 14.2. The summed E-state index contributed by atoms with van der Waals surface area (Å²) in [6.07, 6.45) is 6.68. The van der Waals surface area contributed by atoms with E-state index < -0.39 is 11.9 Å². The van der Waals surface area contributed by atoms with Crippen molar-refractivity contribution in [3.63, 3.8) is 0 Å². The third kappa shape index (κ3) is 5.09. The second-order valence-corrected chi connectivity index (χ2v) is 9.62. The zero-order chi connectivity index (χ0) is 28.5. The van der Waals surface area contributed by atoms with Gasteiger partial charge in [-0.15, -0.1) is 0 Å². The van der Waals surface area contributed by atoms with E-state index in [4.69, 9.17) is 5.73 Å². The molecular formula is C33H29N7O2. The van der Waals surface area contributed by atoms with E-state index in [2.05, 4.69) is 32.2 Å². The predicted molar refractivity (Wildman–Crippen MR) is 165 cm³/mol. The van der Waals surface area contributed by atoms with Gasteiger partial charge in [-0.25, -0.2) is 4.98 Å². The van der Waals surface area contributed by atoms with E-state index in [9.17, 15) is 9.59 Å². The summed E-state index contributed by atoms with van der Waals surface area (Å²) >= 11 is 0. The average Bonchev–Trinajstić information content (AvgIpc) is 3.40. The van der Waals surface area contributed by atoms with E-state index in [1.807, 2.05) is 80.8 Å². The quantitative estimate of drug-likeness (QED) is 0.302. The van der Waals surface area contributed by atoms with Crippen LogP contribution in [0.3, 0.4) is 0 Å². The first-order valence-corrected chi connectivity index (χ1v) is 13.0. The van der Waals surface area contributed by atoms with Gasteiger partial charge >= 0.3 is 0 Å². The molecule has 9 heteroatoms. The van der Waals surface area contributed by atoms with Crippen molar-refractivity contribution >= 4 is 33.4 Å². The highest BCUT2D eigenvalue weighted by Crippen LogP contribution is 2.25. The summed E-state index contributed by atoms with van der Waals surface area (Å²) in [6.45, 7) is 1.83. The van der Waals surface area contributed by atoms with Crippen molar-refractivity contribution < 1.29 is 4.79 Å². The number of carbonyl (C=O) groups excluding carboxylic acids is 1. The minimum atomic E-state index is -0.580. The van der Waals surface area contributed by atoms with Crippen molar-refractivity contribution in [3.8, 4) is 17.5 Å². The van der Waals surface area contributed by atoms with Crippen LogP contribution in [0.4, 0.5) is 5.82 Å². The van der Waals surface area contributed by atoms with Gasteiger partial charge < -0.3 is 11.1 Å². The van der Waals surface area contributed by atoms with Gasteiger partial charge in [0.1, 0.15) is 11.4 Å². The molecule has 4 aromatic heterocycles. The van der Waals surface area contributed by atoms with Gasteiger partial charge in [-0.1, -0.05) is 49.6 Å². The van der Waals surface area contributed by atoms with Crippen LogP contribution in [-0.4, -0.2) is 30.2 Å². The number of hydrogen-bond acceptors (Lipinski definition) is 6. The van der Waals surface area contributed by atoms with Crippen LogP contribution in [0.25, 0.3) is 27.4 Å². The molecule has 0 saturated heterocycles. The van der Waals surface area contributed by atoms with Crippen LogP contribution in [0.1, 0.15) is 47.6 Å². The number of nitrogen functional groups attached to an aromatic ring is 1. The summed E-state index contributed by atoms with van der Waals surface area (Å²) in [6, 6.07) is 19.8. The normalized spacial score (nSPS) is 11.4. The Balaban J connectivity index is 0.00000353. The van der Waals surface area contributed by atoms with Crippen LogP contribution in [0.15, 0.2) is 96.3 Å². The van der Waals surface area contributed by atoms with Gasteiger partial charge in [0.15, 0.2) is 0 Å². The standard InChI is InChI=1S/C32H25N7O2.CH4/c1-20(37-31(40)28-29-24(10-7-15-34-29)18-35-30(28)33)26-16-23-9-6-8-22(14-13-21-17-36-38(2)19-21)27(23)32(41)39(26)25-11-4-3-5-12-25;/h3-12,15-20H,1-2H3,(H2,33,35)(H,37,40);1H4/t20-;/m0./s1. The summed E-state index contributed by atoms with van der Waals surface area (Å²) in [5, 5.41) is 9.07. The highest BCUT2D eigenvalue weighted by atomic mass is 16.2. The van der Waals surface area contributed by atoms with E-state index in [-0.39, 0.29) is 24.4 Å². The van der Waals surface area contributed by atoms with Gasteiger partial charge in [0, 0.05) is 48.0 Å². The Bertz CT molecular complexity index is 2070. The fourth-order valence-electron chi connectivity index (χ4n) is 4.90. The first-order chi connectivity index (χ1) is 19.9. The van der Waals surface area contributed by atoms with Gasteiger partial charge in [0.2, 0.25) is 0 Å². The largest absolute Gasteiger partial charge is 0.383 e. The van der Waals surface area contributed by atoms with Crippen molar-refractivity contribution in [1.82, 2.24) is 29.6 Å². The Labute approximate surface area is 242 Å². The molecule has 6 rings (SSSR count). The molecule has 4 heterocycles. The topological polar surface area (TPSA) is 121 Å². The summed E-state index contributed by atoms with van der Waals surface area (Å²) in [5.74, 6) is 5.89. The molecule has 3 N–H and O–H groups in total. The van der Waals surface area contributed by atoms with Gasteiger partial charge in [-0.3, -0.25) is 23.8 Å². The summed E-state index contributed by atoms with van der Waals surface area (Å²) in [7, 11) is 1.82. The Morgan fingerprint density at radius 2 is 1.76 bits per heavy atom. The predicted octanol–water partition coefficient (Wildman–Crippen LogP) is 4.78. The summed E-state index contributed by atoms with van der Waals surface area (Å²) in [5.41, 5.74) is 9.14. The molecule has 0 spiro atoms. The number of hydrogen-bond donors (Lipinski definition) is 2. The molecule has 42 heavy (non-hydrogen) atoms. The third-order valence-corrected chi connectivity index (χ3v) is 6.83. The SMILES string of the molecule is C.C[C@H](NC(=O)c1c(N)ncc2cccnc12)c1cc2cccc(C#Cc3cnn(C)c3)c2c(=O)n1-c1ccccc1. The lowest BCUT2D eigenvalue weighted by atomic mass is 10.0. The van der Waals surface area contributed by atoms with E-state index in [1.54, 1.807) is 33.9 Å². The van der Waals surface area contributed by atoms with E-state index in [0.717, 1.165) is 5.56 Å². The number of rotatable bonds is 4. The molecule has 0 aliphatic carbocycles. The van der Waals surface area contributed by atoms with Crippen molar-refractivity contribution in [3.05, 3.63) is 124 Å². The van der Waals surface area contributed by atoms with Crippen LogP contribution in [0, 0.1) is 11.8 Å². The molecule has 208 valence electrons. The van der Waals surface area contributed by atoms with Gasteiger partial charge in [0.05, 0.1) is 28.7 Å². The maximum Gasteiger partial charge on any atom is 0.264 e. The molecule has 6 aromatic rings. The number of aryl methyl sites for hydroxylation is 1. The molecule has 0 saturated carbocycles. The van der Waals surface area contributed by atoms with Gasteiger partial charge in [-0.05, 0) is 48.7 Å².